The molecule has 0 aromatic heterocycles. The minimum atomic E-state index is -1.08. The van der Waals surface area contributed by atoms with Crippen LogP contribution in [0.2, 0.25) is 19.6 Å². The van der Waals surface area contributed by atoms with Gasteiger partial charge in [-0.3, -0.25) is 0 Å². The second-order valence-electron chi connectivity index (χ2n) is 5.80. The van der Waals surface area contributed by atoms with E-state index in [0.717, 1.165) is 13.0 Å². The fourth-order valence-electron chi connectivity index (χ4n) is 1.97. The molecule has 0 saturated heterocycles. The average Bonchev–Trinajstić information content (AvgIpc) is 2.34. The van der Waals surface area contributed by atoms with Crippen molar-refractivity contribution < 1.29 is 14.2 Å². The van der Waals surface area contributed by atoms with Crippen LogP contribution in [-0.2, 0) is 14.2 Å². The molecule has 0 spiro atoms. The highest BCUT2D eigenvalue weighted by atomic mass is 28.3. The van der Waals surface area contributed by atoms with Gasteiger partial charge in [-0.2, -0.15) is 0 Å². The van der Waals surface area contributed by atoms with Gasteiger partial charge in [-0.25, -0.2) is 0 Å². The Bertz CT molecular complexity index is 234. The maximum atomic E-state index is 5.40. The highest BCUT2D eigenvalue weighted by molar-refractivity contribution is 6.83. The number of ether oxygens (including phenoxy) is 3. The molecule has 3 nitrogen and oxygen atoms in total. The van der Waals surface area contributed by atoms with E-state index in [2.05, 4.69) is 32.6 Å². The van der Waals surface area contributed by atoms with Crippen LogP contribution in [0.5, 0.6) is 0 Å². The van der Waals surface area contributed by atoms with Crippen LogP contribution in [0.1, 0.15) is 32.6 Å². The maximum absolute atomic E-state index is 5.40. The maximum Gasteiger partial charge on any atom is 0.146 e. The molecule has 19 heavy (non-hydrogen) atoms. The molecular weight excluding hydrogens is 256 g/mol. The van der Waals surface area contributed by atoms with Crippen molar-refractivity contribution in [2.45, 2.75) is 52.2 Å². The van der Waals surface area contributed by atoms with Crippen molar-refractivity contribution in [1.82, 2.24) is 0 Å². The zero-order chi connectivity index (χ0) is 14.6. The first-order chi connectivity index (χ1) is 9.02. The first-order valence-electron chi connectivity index (χ1n) is 7.32. The van der Waals surface area contributed by atoms with Gasteiger partial charge in [0.15, 0.2) is 0 Å². The molecule has 0 aliphatic heterocycles. The highest BCUT2D eigenvalue weighted by Crippen LogP contribution is 2.20. The Morgan fingerprint density at radius 3 is 2.21 bits per heavy atom. The lowest BCUT2D eigenvalue weighted by molar-refractivity contribution is -0.0663. The van der Waals surface area contributed by atoms with Gasteiger partial charge >= 0.3 is 0 Å². The Morgan fingerprint density at radius 1 is 0.947 bits per heavy atom. The van der Waals surface area contributed by atoms with Crippen molar-refractivity contribution in [3.05, 3.63) is 11.3 Å². The van der Waals surface area contributed by atoms with Crippen LogP contribution in [0.25, 0.3) is 0 Å². The monoisotopic (exact) mass is 288 g/mol. The van der Waals surface area contributed by atoms with Crippen LogP contribution < -0.4 is 0 Å². The minimum absolute atomic E-state index is 0.387. The first-order valence-corrected chi connectivity index (χ1v) is 10.8. The van der Waals surface area contributed by atoms with Crippen LogP contribution in [0, 0.1) is 0 Å². The van der Waals surface area contributed by atoms with Gasteiger partial charge in [0.2, 0.25) is 0 Å². The Kier molecular flexibility index (Phi) is 11.5. The van der Waals surface area contributed by atoms with E-state index in [0.29, 0.717) is 20.0 Å². The van der Waals surface area contributed by atoms with Gasteiger partial charge in [-0.15, -0.1) is 0 Å². The number of methoxy groups -OCH3 is 1. The van der Waals surface area contributed by atoms with Crippen molar-refractivity contribution in [2.24, 2.45) is 0 Å². The topological polar surface area (TPSA) is 27.7 Å². The van der Waals surface area contributed by atoms with E-state index in [-0.39, 0.29) is 0 Å². The average molecular weight is 289 g/mol. The second kappa shape index (κ2) is 11.6. The molecule has 0 fully saturated rings. The third-order valence-electron chi connectivity index (χ3n) is 3.15. The molecule has 0 aliphatic carbocycles. The largest absolute Gasteiger partial charge is 0.382 e. The molecule has 114 valence electrons. The lowest BCUT2D eigenvalue weighted by atomic mass is 10.2. The minimum Gasteiger partial charge on any atom is -0.382 e. The van der Waals surface area contributed by atoms with Gasteiger partial charge in [-0.05, 0) is 26.2 Å². The van der Waals surface area contributed by atoms with Crippen LogP contribution in [0.15, 0.2) is 11.3 Å². The molecule has 0 aromatic carbocycles. The van der Waals surface area contributed by atoms with Crippen LogP contribution in [0.4, 0.5) is 0 Å². The summed E-state index contributed by atoms with van der Waals surface area (Å²) in [5.74, 6) is 0. The predicted octanol–water partition coefficient (Wildman–Crippen LogP) is 4.01. The van der Waals surface area contributed by atoms with Crippen molar-refractivity contribution >= 4 is 8.07 Å². The van der Waals surface area contributed by atoms with Gasteiger partial charge in [-0.1, -0.05) is 37.3 Å². The summed E-state index contributed by atoms with van der Waals surface area (Å²) < 4.78 is 15.5. The Labute approximate surface area is 120 Å². The summed E-state index contributed by atoms with van der Waals surface area (Å²) in [5, 5.41) is 1.69. The number of allylic oxidation sites excluding steroid dienone is 2. The summed E-state index contributed by atoms with van der Waals surface area (Å²) in [6.45, 7) is 11.9. The Hall–Kier alpha value is -0.163. The fourth-order valence-corrected chi connectivity index (χ4v) is 3.76. The van der Waals surface area contributed by atoms with E-state index in [1.54, 1.807) is 12.3 Å². The van der Waals surface area contributed by atoms with Crippen molar-refractivity contribution in [3.63, 3.8) is 0 Å². The molecule has 0 bridgehead atoms. The van der Waals surface area contributed by atoms with Gasteiger partial charge in [0.05, 0.1) is 21.3 Å². The van der Waals surface area contributed by atoms with Crippen LogP contribution in [-0.4, -0.2) is 41.8 Å². The summed E-state index contributed by atoms with van der Waals surface area (Å²) in [7, 11) is 0.588. The van der Waals surface area contributed by atoms with Crippen LogP contribution in [0.3, 0.4) is 0 Å². The molecule has 0 radical (unpaired) electrons. The smallest absolute Gasteiger partial charge is 0.146 e. The summed E-state index contributed by atoms with van der Waals surface area (Å²) in [6, 6.07) is 0. The summed E-state index contributed by atoms with van der Waals surface area (Å²) in [6.07, 6.45) is 7.22. The number of unbranched alkanes of at least 4 members (excludes halogenated alkanes) is 2. The molecule has 0 aliphatic rings. The fraction of sp³-hybridized carbons (Fsp3) is 0.867. The normalized spacial score (nSPS) is 13.0. The quantitative estimate of drug-likeness (QED) is 0.308. The number of hydrogen-bond acceptors (Lipinski definition) is 3. The third kappa shape index (κ3) is 11.4. The lowest BCUT2D eigenvalue weighted by Gasteiger charge is -2.20. The molecule has 0 unspecified atom stereocenters. The van der Waals surface area contributed by atoms with E-state index in [9.17, 15) is 0 Å². The molecule has 0 saturated carbocycles. The van der Waals surface area contributed by atoms with Gasteiger partial charge in [0, 0.05) is 13.7 Å². The SMILES string of the molecule is C/C=C(\CCCCCOCOCCOC)[Si](C)(C)C. The zero-order valence-electron chi connectivity index (χ0n) is 13.5. The van der Waals surface area contributed by atoms with E-state index in [1.807, 2.05) is 0 Å². The molecule has 0 aromatic rings. The van der Waals surface area contributed by atoms with Gasteiger partial charge in [0.1, 0.15) is 6.79 Å². The standard InChI is InChI=1S/C15H32O3Si/c1-6-15(19(3,4)5)10-8-7-9-11-17-14-18-13-12-16-2/h6H,7-14H2,1-5H3/b15-6+. The van der Waals surface area contributed by atoms with Gasteiger partial charge in [0.25, 0.3) is 0 Å². The van der Waals surface area contributed by atoms with Gasteiger partial charge < -0.3 is 14.2 Å². The molecule has 0 amide bonds. The lowest BCUT2D eigenvalue weighted by Crippen LogP contribution is -2.23. The molecule has 0 N–H and O–H groups in total. The van der Waals surface area contributed by atoms with Crippen molar-refractivity contribution in [3.8, 4) is 0 Å². The summed E-state index contributed by atoms with van der Waals surface area (Å²) in [5.41, 5.74) is 0. The summed E-state index contributed by atoms with van der Waals surface area (Å²) in [4.78, 5) is 0. The third-order valence-corrected chi connectivity index (χ3v) is 5.61. The molecule has 0 atom stereocenters. The van der Waals surface area contributed by atoms with E-state index in [4.69, 9.17) is 14.2 Å². The Balaban J connectivity index is 3.36. The second-order valence-corrected chi connectivity index (χ2v) is 10.9. The van der Waals surface area contributed by atoms with E-state index < -0.39 is 8.07 Å². The van der Waals surface area contributed by atoms with E-state index in [1.165, 1.54) is 19.3 Å². The van der Waals surface area contributed by atoms with E-state index >= 15 is 0 Å². The highest BCUT2D eigenvalue weighted by Gasteiger charge is 2.17. The first kappa shape index (κ1) is 18.8. The predicted molar refractivity (Wildman–Crippen MR) is 84.2 cm³/mol. The molecule has 4 heteroatoms. The van der Waals surface area contributed by atoms with Crippen molar-refractivity contribution in [1.29, 1.82) is 0 Å². The van der Waals surface area contributed by atoms with Crippen LogP contribution >= 0.6 is 0 Å². The number of rotatable bonds is 12. The molecule has 0 rings (SSSR count). The zero-order valence-corrected chi connectivity index (χ0v) is 14.5. The number of hydrogen-bond donors (Lipinski definition) is 0. The molecule has 0 heterocycles. The Morgan fingerprint density at radius 2 is 1.63 bits per heavy atom. The molecular formula is C15H32O3Si. The summed E-state index contributed by atoms with van der Waals surface area (Å²) >= 11 is 0. The van der Waals surface area contributed by atoms with Crippen molar-refractivity contribution in [2.75, 3.05) is 33.7 Å².